The molecule has 3 nitrogen and oxygen atoms in total. The van der Waals surface area contributed by atoms with Crippen LogP contribution in [0.25, 0.3) is 0 Å². The van der Waals surface area contributed by atoms with Gasteiger partial charge in [0, 0.05) is 18.5 Å². The quantitative estimate of drug-likeness (QED) is 0.873. The van der Waals surface area contributed by atoms with E-state index in [0.29, 0.717) is 5.41 Å². The van der Waals surface area contributed by atoms with Gasteiger partial charge in [0.05, 0.1) is 11.2 Å². The van der Waals surface area contributed by atoms with Gasteiger partial charge in [0.15, 0.2) is 0 Å². The van der Waals surface area contributed by atoms with E-state index in [4.69, 9.17) is 0 Å². The van der Waals surface area contributed by atoms with Crippen LogP contribution in [-0.2, 0) is 6.54 Å². The molecular weight excluding hydrogens is 230 g/mol. The van der Waals surface area contributed by atoms with Gasteiger partial charge in [0.25, 0.3) is 0 Å². The van der Waals surface area contributed by atoms with Gasteiger partial charge in [-0.25, -0.2) is 4.98 Å². The fourth-order valence-corrected chi connectivity index (χ4v) is 3.35. The molecule has 1 aliphatic rings. The van der Waals surface area contributed by atoms with Gasteiger partial charge in [-0.05, 0) is 44.8 Å². The Morgan fingerprint density at radius 1 is 1.47 bits per heavy atom. The van der Waals surface area contributed by atoms with Crippen LogP contribution in [0.15, 0.2) is 10.9 Å². The number of nitrogens with zero attached hydrogens (tertiary/aromatic N) is 2. The Hall–Kier alpha value is -0.450. The number of nitrogens with one attached hydrogen (secondary N) is 1. The van der Waals surface area contributed by atoms with Crippen LogP contribution in [0, 0.1) is 5.41 Å². The van der Waals surface area contributed by atoms with E-state index >= 15 is 0 Å². The predicted molar refractivity (Wildman–Crippen MR) is 73.3 cm³/mol. The first kappa shape index (κ1) is 13.0. The summed E-state index contributed by atoms with van der Waals surface area (Å²) in [6, 6.07) is 0. The summed E-state index contributed by atoms with van der Waals surface area (Å²) < 4.78 is 0. The molecular formula is C13H23N3S. The molecule has 0 unspecified atom stereocenters. The second-order valence-corrected chi connectivity index (χ2v) is 5.97. The van der Waals surface area contributed by atoms with Crippen LogP contribution < -0.4 is 5.32 Å². The van der Waals surface area contributed by atoms with Crippen LogP contribution in [0.5, 0.6) is 0 Å². The summed E-state index contributed by atoms with van der Waals surface area (Å²) >= 11 is 1.68. The molecule has 1 saturated heterocycles. The van der Waals surface area contributed by atoms with Gasteiger partial charge in [0.2, 0.25) is 0 Å². The molecule has 1 aromatic rings. The second-order valence-electron chi connectivity index (χ2n) is 5.26. The summed E-state index contributed by atoms with van der Waals surface area (Å²) in [5, 5.41) is 5.61. The molecule has 2 heterocycles. The van der Waals surface area contributed by atoms with Crippen molar-refractivity contribution in [2.45, 2.75) is 32.7 Å². The summed E-state index contributed by atoms with van der Waals surface area (Å²) in [5.74, 6) is 0. The van der Waals surface area contributed by atoms with Crippen molar-refractivity contribution in [2.24, 2.45) is 5.41 Å². The normalized spacial score (nSPS) is 19.7. The molecule has 96 valence electrons. The van der Waals surface area contributed by atoms with Gasteiger partial charge < -0.3 is 5.32 Å². The van der Waals surface area contributed by atoms with E-state index < -0.39 is 0 Å². The highest BCUT2D eigenvalue weighted by molar-refractivity contribution is 7.07. The van der Waals surface area contributed by atoms with Crippen molar-refractivity contribution in [3.63, 3.8) is 0 Å². The van der Waals surface area contributed by atoms with E-state index in [2.05, 4.69) is 34.6 Å². The lowest BCUT2D eigenvalue weighted by atomic mass is 9.76. The van der Waals surface area contributed by atoms with Crippen LogP contribution in [0.3, 0.4) is 0 Å². The Labute approximate surface area is 108 Å². The number of thiazole rings is 1. The molecule has 1 aromatic heterocycles. The molecule has 1 fully saturated rings. The number of piperidine rings is 1. The summed E-state index contributed by atoms with van der Waals surface area (Å²) in [4.78, 5) is 6.80. The monoisotopic (exact) mass is 253 g/mol. The highest BCUT2D eigenvalue weighted by Gasteiger charge is 2.31. The van der Waals surface area contributed by atoms with Gasteiger partial charge >= 0.3 is 0 Å². The van der Waals surface area contributed by atoms with Crippen molar-refractivity contribution in [3.8, 4) is 0 Å². The van der Waals surface area contributed by atoms with E-state index in [1.807, 2.05) is 5.51 Å². The van der Waals surface area contributed by atoms with Crippen LogP contribution >= 0.6 is 11.3 Å². The first-order valence-electron chi connectivity index (χ1n) is 6.50. The number of aromatic nitrogens is 1. The smallest absolute Gasteiger partial charge is 0.0795 e. The minimum atomic E-state index is 0.524. The topological polar surface area (TPSA) is 28.2 Å². The van der Waals surface area contributed by atoms with Crippen molar-refractivity contribution in [1.29, 1.82) is 0 Å². The van der Waals surface area contributed by atoms with Crippen molar-refractivity contribution < 1.29 is 0 Å². The Morgan fingerprint density at radius 2 is 2.24 bits per heavy atom. The molecule has 0 radical (unpaired) electrons. The van der Waals surface area contributed by atoms with Gasteiger partial charge in [-0.1, -0.05) is 6.92 Å². The average molecular weight is 253 g/mol. The third kappa shape index (κ3) is 3.50. The second kappa shape index (κ2) is 5.94. The lowest BCUT2D eigenvalue weighted by Crippen LogP contribution is -2.43. The minimum Gasteiger partial charge on any atom is -0.317 e. The van der Waals surface area contributed by atoms with Gasteiger partial charge in [0.1, 0.15) is 0 Å². The van der Waals surface area contributed by atoms with Crippen molar-refractivity contribution >= 4 is 11.3 Å². The zero-order valence-electron chi connectivity index (χ0n) is 10.9. The third-order valence-corrected chi connectivity index (χ3v) is 4.57. The fourth-order valence-electron chi connectivity index (χ4n) is 2.80. The summed E-state index contributed by atoms with van der Waals surface area (Å²) in [6.07, 6.45) is 3.91. The summed E-state index contributed by atoms with van der Waals surface area (Å²) in [5.41, 5.74) is 3.65. The van der Waals surface area contributed by atoms with Crippen LogP contribution in [0.2, 0.25) is 0 Å². The summed E-state index contributed by atoms with van der Waals surface area (Å²) in [6.45, 7) is 6.88. The van der Waals surface area contributed by atoms with Crippen LogP contribution in [0.1, 0.15) is 31.9 Å². The molecule has 2 rings (SSSR count). The molecule has 1 N–H and O–H groups in total. The Balaban J connectivity index is 1.89. The molecule has 0 atom stereocenters. The maximum Gasteiger partial charge on any atom is 0.0795 e. The van der Waals surface area contributed by atoms with Crippen molar-refractivity contribution in [2.75, 3.05) is 26.7 Å². The molecule has 1 aliphatic heterocycles. The molecule has 4 heteroatoms. The molecule has 0 aliphatic carbocycles. The first-order valence-corrected chi connectivity index (χ1v) is 7.45. The lowest BCUT2D eigenvalue weighted by Gasteiger charge is -2.39. The molecule has 0 saturated carbocycles. The highest BCUT2D eigenvalue weighted by atomic mass is 32.1. The molecule has 0 aromatic carbocycles. The lowest BCUT2D eigenvalue weighted by molar-refractivity contribution is 0.118. The van der Waals surface area contributed by atoms with Crippen LogP contribution in [0.4, 0.5) is 0 Å². The maximum absolute atomic E-state index is 4.36. The number of hydrogen-bond acceptors (Lipinski definition) is 4. The molecule has 0 spiro atoms. The standard InChI is InChI=1S/C13H23N3S/c1-3-13(4-6-14-7-5-13)10-16(2)8-12-9-17-11-15-12/h9,11,14H,3-8,10H2,1-2H3. The van der Waals surface area contributed by atoms with Gasteiger partial charge in [-0.15, -0.1) is 11.3 Å². The Morgan fingerprint density at radius 3 is 2.82 bits per heavy atom. The SMILES string of the molecule is CCC1(CN(C)Cc2cscn2)CCNCC1. The zero-order chi connectivity index (χ0) is 12.1. The molecule has 0 amide bonds. The third-order valence-electron chi connectivity index (χ3n) is 3.93. The zero-order valence-corrected chi connectivity index (χ0v) is 11.7. The minimum absolute atomic E-state index is 0.524. The largest absolute Gasteiger partial charge is 0.317 e. The van der Waals surface area contributed by atoms with E-state index in [1.54, 1.807) is 11.3 Å². The predicted octanol–water partition coefficient (Wildman–Crippen LogP) is 2.35. The Kier molecular flexibility index (Phi) is 4.54. The van der Waals surface area contributed by atoms with Gasteiger partial charge in [-0.3, -0.25) is 4.90 Å². The van der Waals surface area contributed by atoms with E-state index in [0.717, 1.165) is 6.54 Å². The molecule has 17 heavy (non-hydrogen) atoms. The number of rotatable bonds is 5. The van der Waals surface area contributed by atoms with Crippen molar-refractivity contribution in [1.82, 2.24) is 15.2 Å². The van der Waals surface area contributed by atoms with Crippen LogP contribution in [-0.4, -0.2) is 36.6 Å². The molecule has 0 bridgehead atoms. The Bertz CT molecular complexity index is 317. The van der Waals surface area contributed by atoms with Gasteiger partial charge in [-0.2, -0.15) is 0 Å². The van der Waals surface area contributed by atoms with Crippen molar-refractivity contribution in [3.05, 3.63) is 16.6 Å². The maximum atomic E-state index is 4.36. The summed E-state index contributed by atoms with van der Waals surface area (Å²) in [7, 11) is 2.22. The highest BCUT2D eigenvalue weighted by Crippen LogP contribution is 2.33. The first-order chi connectivity index (χ1) is 8.24. The fraction of sp³-hybridized carbons (Fsp3) is 0.769. The van der Waals surface area contributed by atoms with E-state index in [-0.39, 0.29) is 0 Å². The van der Waals surface area contributed by atoms with E-state index in [9.17, 15) is 0 Å². The number of hydrogen-bond donors (Lipinski definition) is 1. The average Bonchev–Trinajstić information content (AvgIpc) is 2.83. The van der Waals surface area contributed by atoms with E-state index in [1.165, 1.54) is 44.6 Å².